The third-order valence-electron chi connectivity index (χ3n) is 7.35. The minimum absolute atomic E-state index is 0.0210. The summed E-state index contributed by atoms with van der Waals surface area (Å²) >= 11 is 0. The van der Waals surface area contributed by atoms with Gasteiger partial charge in [0.15, 0.2) is 28.8 Å². The lowest BCUT2D eigenvalue weighted by molar-refractivity contribution is -0.144. The van der Waals surface area contributed by atoms with E-state index in [0.29, 0.717) is 46.7 Å². The summed E-state index contributed by atoms with van der Waals surface area (Å²) in [5.74, 6) is 0.211. The number of hydrogen-bond donors (Lipinski definition) is 2. The van der Waals surface area contributed by atoms with Crippen LogP contribution < -0.4 is 19.5 Å². The van der Waals surface area contributed by atoms with Crippen molar-refractivity contribution < 1.29 is 33.6 Å². The van der Waals surface area contributed by atoms with E-state index in [0.717, 1.165) is 11.3 Å². The van der Waals surface area contributed by atoms with Crippen molar-refractivity contribution in [3.05, 3.63) is 70.1 Å². The van der Waals surface area contributed by atoms with Gasteiger partial charge in [0.1, 0.15) is 0 Å². The molecule has 2 aliphatic rings. The molecule has 1 heterocycles. The normalized spacial score (nSPS) is 19.9. The lowest BCUT2D eigenvalue weighted by atomic mass is 9.71. The van der Waals surface area contributed by atoms with Gasteiger partial charge in [0.2, 0.25) is 0 Å². The second-order valence-corrected chi connectivity index (χ2v) is 9.69. The second-order valence-electron chi connectivity index (χ2n) is 9.69. The predicted octanol–water partition coefficient (Wildman–Crippen LogP) is 5.12. The molecule has 2 aromatic carbocycles. The number of Topliss-reactive ketones (excluding diaryl/α,β-unsaturated/α-hetero) is 1. The van der Waals surface area contributed by atoms with Crippen LogP contribution in [0.5, 0.6) is 23.0 Å². The number of phenolic OH excluding ortho intramolecular Hbond substituents is 1. The largest absolute Gasteiger partial charge is 0.504 e. The molecule has 8 heteroatoms. The highest BCUT2D eigenvalue weighted by Gasteiger charge is 2.42. The van der Waals surface area contributed by atoms with E-state index >= 15 is 0 Å². The van der Waals surface area contributed by atoms with Gasteiger partial charge < -0.3 is 29.4 Å². The van der Waals surface area contributed by atoms with E-state index in [9.17, 15) is 14.7 Å². The minimum Gasteiger partial charge on any atom is -0.504 e. The van der Waals surface area contributed by atoms with Crippen LogP contribution in [-0.2, 0) is 14.3 Å². The van der Waals surface area contributed by atoms with Crippen molar-refractivity contribution in [2.75, 3.05) is 21.3 Å². The fraction of sp³-hybridized carbons (Fsp3) is 0.400. The van der Waals surface area contributed by atoms with Crippen LogP contribution in [0.15, 0.2) is 58.9 Å². The van der Waals surface area contributed by atoms with E-state index in [1.165, 1.54) is 13.2 Å². The predicted molar refractivity (Wildman–Crippen MR) is 143 cm³/mol. The molecule has 202 valence electrons. The van der Waals surface area contributed by atoms with Gasteiger partial charge in [0, 0.05) is 29.3 Å². The van der Waals surface area contributed by atoms with E-state index in [4.69, 9.17) is 18.9 Å². The number of dihydropyridines is 1. The fourth-order valence-corrected chi connectivity index (χ4v) is 5.19. The molecule has 0 saturated heterocycles. The summed E-state index contributed by atoms with van der Waals surface area (Å²) in [6, 6.07) is 10.6. The van der Waals surface area contributed by atoms with Gasteiger partial charge in [-0.1, -0.05) is 19.1 Å². The maximum Gasteiger partial charge on any atom is 0.337 e. The topological polar surface area (TPSA) is 103 Å². The average Bonchev–Trinajstić information content (AvgIpc) is 2.91. The first kappa shape index (κ1) is 27.1. The van der Waals surface area contributed by atoms with Crippen molar-refractivity contribution in [3.63, 3.8) is 0 Å². The smallest absolute Gasteiger partial charge is 0.337 e. The van der Waals surface area contributed by atoms with Crippen LogP contribution in [0.2, 0.25) is 0 Å². The number of esters is 1. The number of ketones is 1. The third kappa shape index (κ3) is 5.08. The van der Waals surface area contributed by atoms with Crippen molar-refractivity contribution in [2.45, 2.75) is 58.0 Å². The number of aromatic hydroxyl groups is 1. The van der Waals surface area contributed by atoms with Crippen molar-refractivity contribution in [1.29, 1.82) is 0 Å². The molecule has 1 aliphatic heterocycles. The Bertz CT molecular complexity index is 1310. The maximum atomic E-state index is 13.8. The Morgan fingerprint density at radius 2 is 1.66 bits per heavy atom. The van der Waals surface area contributed by atoms with Crippen LogP contribution in [-0.4, -0.2) is 44.3 Å². The van der Waals surface area contributed by atoms with Crippen molar-refractivity contribution in [1.82, 2.24) is 5.32 Å². The van der Waals surface area contributed by atoms with E-state index in [1.807, 2.05) is 39.0 Å². The monoisotopic (exact) mass is 521 g/mol. The molecule has 0 amide bonds. The van der Waals surface area contributed by atoms with Gasteiger partial charge in [0.05, 0.1) is 33.0 Å². The van der Waals surface area contributed by atoms with E-state index in [-0.39, 0.29) is 35.7 Å². The number of ether oxygens (including phenoxy) is 4. The Labute approximate surface area is 223 Å². The van der Waals surface area contributed by atoms with Gasteiger partial charge >= 0.3 is 5.97 Å². The number of carbonyl (C=O) groups is 2. The molecule has 0 bridgehead atoms. The molecule has 0 saturated carbocycles. The SMILES string of the molecule is CC[C@H](C)OC(=O)C1=C(C)NC2=C(C(=O)C[C@H](c3ccc(OC)c(OC)c3)C2)[C@H]1c1ccc(O)c(OC)c1. The van der Waals surface area contributed by atoms with Crippen LogP contribution >= 0.6 is 0 Å². The molecule has 0 fully saturated rings. The number of hydrogen-bond acceptors (Lipinski definition) is 8. The summed E-state index contributed by atoms with van der Waals surface area (Å²) < 4.78 is 21.9. The highest BCUT2D eigenvalue weighted by atomic mass is 16.5. The van der Waals surface area contributed by atoms with Gasteiger partial charge in [-0.05, 0) is 68.0 Å². The molecule has 0 unspecified atom stereocenters. The van der Waals surface area contributed by atoms with Gasteiger partial charge in [0.25, 0.3) is 0 Å². The number of nitrogens with one attached hydrogen (secondary N) is 1. The van der Waals surface area contributed by atoms with Crippen molar-refractivity contribution in [3.8, 4) is 23.0 Å². The molecule has 0 radical (unpaired) electrons. The zero-order valence-electron chi connectivity index (χ0n) is 22.7. The second kappa shape index (κ2) is 11.2. The standard InChI is InChI=1S/C30H35NO7/c1-7-16(2)38-30(34)27-17(3)31-21-12-20(18-9-11-24(35-4)26(14-18)37-6)13-23(33)29(21)28(27)19-8-10-22(32)25(15-19)36-5/h8-11,14-16,20,28,31-32H,7,12-13H2,1-6H3/t16-,20+,28-/m0/s1. The Kier molecular flexibility index (Phi) is 7.99. The molecule has 1 aliphatic carbocycles. The highest BCUT2D eigenvalue weighted by Crippen LogP contribution is 2.47. The fourth-order valence-electron chi connectivity index (χ4n) is 5.19. The summed E-state index contributed by atoms with van der Waals surface area (Å²) in [5.41, 5.74) is 3.97. The third-order valence-corrected chi connectivity index (χ3v) is 7.35. The molecular formula is C30H35NO7. The zero-order chi connectivity index (χ0) is 27.6. The molecule has 3 atom stereocenters. The Hall–Kier alpha value is -3.94. The van der Waals surface area contributed by atoms with Crippen LogP contribution in [0.1, 0.15) is 63.0 Å². The Morgan fingerprint density at radius 3 is 2.32 bits per heavy atom. The van der Waals surface area contributed by atoms with E-state index in [1.54, 1.807) is 26.4 Å². The number of phenols is 1. The molecule has 38 heavy (non-hydrogen) atoms. The lowest BCUT2D eigenvalue weighted by Crippen LogP contribution is -2.36. The Balaban J connectivity index is 1.80. The number of allylic oxidation sites excluding steroid dienone is 3. The van der Waals surface area contributed by atoms with Crippen molar-refractivity contribution in [2.24, 2.45) is 0 Å². The van der Waals surface area contributed by atoms with Gasteiger partial charge in [-0.3, -0.25) is 4.79 Å². The highest BCUT2D eigenvalue weighted by molar-refractivity contribution is 6.04. The molecule has 0 spiro atoms. The number of benzene rings is 2. The Morgan fingerprint density at radius 1 is 1.00 bits per heavy atom. The van der Waals surface area contributed by atoms with E-state index in [2.05, 4.69) is 5.32 Å². The van der Waals surface area contributed by atoms with Crippen LogP contribution in [0.25, 0.3) is 0 Å². The summed E-state index contributed by atoms with van der Waals surface area (Å²) in [6.45, 7) is 5.61. The zero-order valence-corrected chi connectivity index (χ0v) is 22.7. The molecule has 8 nitrogen and oxygen atoms in total. The summed E-state index contributed by atoms with van der Waals surface area (Å²) in [7, 11) is 4.63. The molecule has 0 aromatic heterocycles. The van der Waals surface area contributed by atoms with Gasteiger partial charge in [-0.15, -0.1) is 0 Å². The van der Waals surface area contributed by atoms with Crippen LogP contribution in [0, 0.1) is 0 Å². The van der Waals surface area contributed by atoms with Gasteiger partial charge in [-0.25, -0.2) is 4.79 Å². The summed E-state index contributed by atoms with van der Waals surface area (Å²) in [4.78, 5) is 27.3. The van der Waals surface area contributed by atoms with Crippen LogP contribution in [0.4, 0.5) is 0 Å². The summed E-state index contributed by atoms with van der Waals surface area (Å²) in [6.07, 6.45) is 1.25. The quantitative estimate of drug-likeness (QED) is 0.462. The van der Waals surface area contributed by atoms with Crippen molar-refractivity contribution >= 4 is 11.8 Å². The lowest BCUT2D eigenvalue weighted by Gasteiger charge is -2.37. The molecular weight excluding hydrogens is 486 g/mol. The average molecular weight is 522 g/mol. The van der Waals surface area contributed by atoms with E-state index < -0.39 is 11.9 Å². The van der Waals surface area contributed by atoms with Gasteiger partial charge in [-0.2, -0.15) is 0 Å². The molecule has 2 aromatic rings. The first-order valence-corrected chi connectivity index (χ1v) is 12.8. The summed E-state index contributed by atoms with van der Waals surface area (Å²) in [5, 5.41) is 13.6. The number of rotatable bonds is 8. The number of carbonyl (C=O) groups excluding carboxylic acids is 2. The van der Waals surface area contributed by atoms with Crippen LogP contribution in [0.3, 0.4) is 0 Å². The minimum atomic E-state index is -0.656. The number of methoxy groups -OCH3 is 3. The molecule has 4 rings (SSSR count). The maximum absolute atomic E-state index is 13.8. The first-order chi connectivity index (χ1) is 18.2. The first-order valence-electron chi connectivity index (χ1n) is 12.8. The molecule has 2 N–H and O–H groups in total.